The predicted molar refractivity (Wildman–Crippen MR) is 237 cm³/mol. The van der Waals surface area contributed by atoms with Crippen LogP contribution in [0.1, 0.15) is 125 Å². The molecule has 2 rings (SSSR count). The zero-order chi connectivity index (χ0) is 42.2. The Hall–Kier alpha value is -2.22. The number of carbonyl (C=O) groups excluding carboxylic acids is 1. The van der Waals surface area contributed by atoms with Crippen LogP contribution in [0.5, 0.6) is 0 Å². The number of aliphatic hydroxyl groups is 1. The van der Waals surface area contributed by atoms with Crippen LogP contribution in [-0.4, -0.2) is 61.9 Å². The van der Waals surface area contributed by atoms with Crippen LogP contribution in [0.3, 0.4) is 0 Å². The molecule has 0 unspecified atom stereocenters. The molecule has 2 aromatic rings. The zero-order valence-corrected chi connectivity index (χ0v) is 39.9. The maximum atomic E-state index is 15.3. The van der Waals surface area contributed by atoms with E-state index in [9.17, 15) is 15.0 Å². The van der Waals surface area contributed by atoms with Crippen molar-refractivity contribution in [1.82, 2.24) is 4.98 Å². The minimum absolute atomic E-state index is 0.00169. The monoisotopic (exact) mass is 813 g/mol. The molecule has 0 saturated carbocycles. The van der Waals surface area contributed by atoms with Gasteiger partial charge in [0.25, 0.3) is 0 Å². The molecule has 310 valence electrons. The van der Waals surface area contributed by atoms with Crippen LogP contribution >= 0.6 is 11.3 Å². The molecule has 5 atom stereocenters. The van der Waals surface area contributed by atoms with E-state index in [1.165, 1.54) is 5.57 Å². The molecule has 0 aliphatic heterocycles. The number of thiazole rings is 1. The summed E-state index contributed by atoms with van der Waals surface area (Å²) >= 11 is 1.60. The minimum Gasteiger partial charge on any atom is -0.481 e. The Morgan fingerprint density at radius 2 is 1.49 bits per heavy atom. The van der Waals surface area contributed by atoms with Gasteiger partial charge in [-0.3, -0.25) is 9.59 Å². The lowest BCUT2D eigenvalue weighted by molar-refractivity contribution is -0.146. The summed E-state index contributed by atoms with van der Waals surface area (Å²) in [5.74, 6) is -1.43. The van der Waals surface area contributed by atoms with Crippen LogP contribution in [0.2, 0.25) is 36.3 Å². The first kappa shape index (κ1) is 48.9. The van der Waals surface area contributed by atoms with Crippen molar-refractivity contribution in [3.63, 3.8) is 0 Å². The van der Waals surface area contributed by atoms with Crippen molar-refractivity contribution in [3.05, 3.63) is 69.2 Å². The Morgan fingerprint density at radius 1 is 0.927 bits per heavy atom. The Kier molecular flexibility index (Phi) is 17.8. The van der Waals surface area contributed by atoms with Crippen molar-refractivity contribution >= 4 is 45.8 Å². The maximum Gasteiger partial charge on any atom is 0.305 e. The van der Waals surface area contributed by atoms with Crippen LogP contribution in [0.25, 0.3) is 6.08 Å². The van der Waals surface area contributed by atoms with Gasteiger partial charge in [-0.2, -0.15) is 0 Å². The van der Waals surface area contributed by atoms with Crippen molar-refractivity contribution in [1.29, 1.82) is 0 Å². The number of hydrogen-bond donors (Lipinski definition) is 2. The standard InChI is InChI=1S/C45H75NO6SSi2/c1-31(25-26-38(47)33(3)27-36-30-53-34(4)46-36)21-20-22-32(2)41(52-55(15,16)44(8,9)10)37(28-35-23-18-17-19-24-35)42(50)45(11,12)39(29-40(48)49)51-54(13,14)43(5,6)7/h17-19,23-25,27,30,32,37-39,41,47H,20-22,26,28-29H2,1-16H3,(H,48,49)/b31-25-,33-27+/t32-,37+,38-,39-,41-/m0/s1. The summed E-state index contributed by atoms with van der Waals surface area (Å²) in [7, 11) is -4.82. The molecule has 2 N–H and O–H groups in total. The third-order valence-electron chi connectivity index (χ3n) is 12.3. The quantitative estimate of drug-likeness (QED) is 0.0955. The van der Waals surface area contributed by atoms with Gasteiger partial charge in [0.05, 0.1) is 35.4 Å². The van der Waals surface area contributed by atoms with Crippen LogP contribution in [0.15, 0.2) is 52.9 Å². The molecule has 0 amide bonds. The molecule has 1 heterocycles. The molecule has 0 spiro atoms. The molecular weight excluding hydrogens is 739 g/mol. The lowest BCUT2D eigenvalue weighted by Gasteiger charge is -2.47. The van der Waals surface area contributed by atoms with Gasteiger partial charge in [-0.15, -0.1) is 11.3 Å². The molecule has 0 fully saturated rings. The summed E-state index contributed by atoms with van der Waals surface area (Å²) < 4.78 is 14.2. The number of carboxylic acid groups (broad SMARTS) is 1. The number of rotatable bonds is 21. The summed E-state index contributed by atoms with van der Waals surface area (Å²) in [5, 5.41) is 23.8. The Bertz CT molecular complexity index is 1600. The average molecular weight is 814 g/mol. The second-order valence-electron chi connectivity index (χ2n) is 19.5. The van der Waals surface area contributed by atoms with E-state index in [-0.39, 0.29) is 34.3 Å². The van der Waals surface area contributed by atoms with Gasteiger partial charge in [0.1, 0.15) is 5.78 Å². The van der Waals surface area contributed by atoms with Gasteiger partial charge in [-0.25, -0.2) is 4.98 Å². The fraction of sp³-hybridized carbons (Fsp3) is 0.667. The Balaban J connectivity index is 2.49. The molecule has 1 aromatic carbocycles. The van der Waals surface area contributed by atoms with E-state index in [0.717, 1.165) is 41.1 Å². The van der Waals surface area contributed by atoms with Crippen molar-refractivity contribution in [2.75, 3.05) is 0 Å². The topological polar surface area (TPSA) is 106 Å². The smallest absolute Gasteiger partial charge is 0.305 e. The number of nitrogens with zero attached hydrogens (tertiary/aromatic N) is 1. The molecule has 0 aliphatic rings. The van der Waals surface area contributed by atoms with Crippen molar-refractivity contribution in [2.45, 2.75) is 176 Å². The van der Waals surface area contributed by atoms with Crippen LogP contribution in [0.4, 0.5) is 0 Å². The van der Waals surface area contributed by atoms with E-state index in [4.69, 9.17) is 8.85 Å². The number of Topliss-reactive ketones (excluding diaryl/α,β-unsaturated/α-hetero) is 1. The molecule has 0 aliphatic carbocycles. The lowest BCUT2D eigenvalue weighted by atomic mass is 9.70. The number of carboxylic acids is 1. The molecule has 10 heteroatoms. The number of carbonyl (C=O) groups is 2. The minimum atomic E-state index is -2.44. The molecule has 0 radical (unpaired) electrons. The van der Waals surface area contributed by atoms with Gasteiger partial charge >= 0.3 is 5.97 Å². The zero-order valence-electron chi connectivity index (χ0n) is 37.1. The van der Waals surface area contributed by atoms with Gasteiger partial charge in [0.2, 0.25) is 0 Å². The van der Waals surface area contributed by atoms with E-state index in [0.29, 0.717) is 12.8 Å². The Morgan fingerprint density at radius 3 is 2.00 bits per heavy atom. The summed E-state index contributed by atoms with van der Waals surface area (Å²) in [6, 6.07) is 10.1. The van der Waals surface area contributed by atoms with Gasteiger partial charge in [0, 0.05) is 16.7 Å². The molecule has 0 saturated heterocycles. The second kappa shape index (κ2) is 20.0. The first-order chi connectivity index (χ1) is 25.1. The number of allylic oxidation sites excluding steroid dienone is 1. The number of aromatic nitrogens is 1. The third kappa shape index (κ3) is 14.6. The van der Waals surface area contributed by atoms with E-state index in [2.05, 4.69) is 105 Å². The molecular formula is C45H75NO6SSi2. The fourth-order valence-corrected chi connectivity index (χ4v) is 9.80. The maximum absolute atomic E-state index is 15.3. The van der Waals surface area contributed by atoms with Gasteiger partial charge in [-0.05, 0) is 112 Å². The van der Waals surface area contributed by atoms with Crippen LogP contribution in [0, 0.1) is 24.2 Å². The van der Waals surface area contributed by atoms with Crippen molar-refractivity contribution in [3.8, 4) is 0 Å². The summed E-state index contributed by atoms with van der Waals surface area (Å²) in [6.45, 7) is 33.9. The van der Waals surface area contributed by atoms with Gasteiger partial charge in [0.15, 0.2) is 16.6 Å². The number of ketones is 1. The summed E-state index contributed by atoms with van der Waals surface area (Å²) in [5.41, 5.74) is 2.97. The molecule has 55 heavy (non-hydrogen) atoms. The van der Waals surface area contributed by atoms with Crippen molar-refractivity contribution in [2.24, 2.45) is 17.3 Å². The lowest BCUT2D eigenvalue weighted by Crippen LogP contribution is -2.55. The molecule has 7 nitrogen and oxygen atoms in total. The number of aliphatic carboxylic acids is 1. The highest BCUT2D eigenvalue weighted by atomic mass is 32.1. The van der Waals surface area contributed by atoms with E-state index in [1.54, 1.807) is 11.3 Å². The fourth-order valence-electron chi connectivity index (χ4n) is 6.35. The van der Waals surface area contributed by atoms with E-state index < -0.39 is 46.1 Å². The largest absolute Gasteiger partial charge is 0.481 e. The first-order valence-electron chi connectivity index (χ1n) is 20.2. The number of benzene rings is 1. The van der Waals surface area contributed by atoms with E-state index >= 15 is 4.79 Å². The van der Waals surface area contributed by atoms with Crippen LogP contribution < -0.4 is 0 Å². The average Bonchev–Trinajstić information content (AvgIpc) is 3.47. The number of aliphatic hydroxyl groups excluding tert-OH is 1. The van der Waals surface area contributed by atoms with Gasteiger partial charge < -0.3 is 19.1 Å². The SMILES string of the molecule is C/C(=C/C[C@H](O)/C(C)=C/c1csc(C)n1)CCC[C@H](C)[C@H](O[Si](C)(C)C(C)(C)C)[C@@H](Cc1ccccc1)C(=O)C(C)(C)[C@H](CC(=O)O)O[Si](C)(C)C(C)(C)C. The second-order valence-corrected chi connectivity index (χ2v) is 30.1. The highest BCUT2D eigenvalue weighted by Crippen LogP contribution is 2.45. The van der Waals surface area contributed by atoms with E-state index in [1.807, 2.05) is 57.4 Å². The first-order valence-corrected chi connectivity index (χ1v) is 26.9. The third-order valence-corrected chi connectivity index (χ3v) is 22.1. The van der Waals surface area contributed by atoms with Crippen LogP contribution in [-0.2, 0) is 24.9 Å². The summed E-state index contributed by atoms with van der Waals surface area (Å²) in [4.78, 5) is 32.2. The molecule has 0 bridgehead atoms. The highest BCUT2D eigenvalue weighted by molar-refractivity contribution is 7.09. The van der Waals surface area contributed by atoms with Gasteiger partial charge in [-0.1, -0.05) is 104 Å². The normalized spacial score (nSPS) is 16.7. The number of aryl methyl sites for hydroxylation is 1. The highest BCUT2D eigenvalue weighted by Gasteiger charge is 2.51. The van der Waals surface area contributed by atoms with Crippen molar-refractivity contribution < 1.29 is 28.7 Å². The Labute approximate surface area is 340 Å². The number of hydrogen-bond acceptors (Lipinski definition) is 7. The predicted octanol–water partition coefficient (Wildman–Crippen LogP) is 12.1. The summed E-state index contributed by atoms with van der Waals surface area (Å²) in [6.07, 6.45) is 5.80. The molecule has 1 aromatic heterocycles.